The van der Waals surface area contributed by atoms with Gasteiger partial charge < -0.3 is 27.4 Å². The zero-order valence-corrected chi connectivity index (χ0v) is 5.73. The molecule has 0 radical (unpaired) electrons. The Kier molecular flexibility index (Phi) is 7280. The minimum atomic E-state index is 0. The Balaban J connectivity index is -0.000000000500. The average Bonchev–Trinajstić information content (AvgIpc) is 1.00. The van der Waals surface area contributed by atoms with Gasteiger partial charge in [0.15, 0.2) is 0 Å². The summed E-state index contributed by atoms with van der Waals surface area (Å²) >= 11 is 1.82. The molecule has 7 heteroatoms. The molecule has 0 amide bonds. The third kappa shape index (κ3) is 293. The van der Waals surface area contributed by atoms with Crippen molar-refractivity contribution in [1.29, 1.82) is 0 Å². The molecule has 0 aliphatic heterocycles. The summed E-state index contributed by atoms with van der Waals surface area (Å²) in [5.41, 5.74) is 0. The molecule has 0 saturated carbocycles. The van der Waals surface area contributed by atoms with Crippen molar-refractivity contribution in [2.24, 2.45) is 0 Å². The summed E-state index contributed by atoms with van der Waals surface area (Å²) < 4.78 is 0. The van der Waals surface area contributed by atoms with Crippen LogP contribution in [-0.2, 0) is 17.3 Å². The van der Waals surface area contributed by atoms with E-state index in [9.17, 15) is 0 Å². The van der Waals surface area contributed by atoms with Crippen molar-refractivity contribution in [1.82, 2.24) is 0 Å². The zero-order chi connectivity index (χ0) is 2.00. The molecule has 0 rings (SSSR count). The van der Waals surface area contributed by atoms with Gasteiger partial charge in [-0.2, -0.15) is 0 Å². The quantitative estimate of drug-likeness (QED) is 0.377. The van der Waals surface area contributed by atoms with Crippen molar-refractivity contribution in [2.45, 2.75) is 0 Å². The van der Waals surface area contributed by atoms with E-state index >= 15 is 0 Å². The van der Waals surface area contributed by atoms with E-state index in [-0.39, 0.29) is 27.4 Å². The Labute approximate surface area is 54.9 Å². The van der Waals surface area contributed by atoms with Crippen molar-refractivity contribution < 1.29 is 44.7 Å². The van der Waals surface area contributed by atoms with E-state index in [1.807, 2.05) is 17.3 Å². The Morgan fingerprint density at radius 2 is 0.571 bits per heavy atom. The molecule has 0 heterocycles. The van der Waals surface area contributed by atoms with Gasteiger partial charge in [-0.15, -0.1) is 0 Å². The molecule has 55 valence electrons. The maximum atomic E-state index is 4.57. The molecule has 7 heavy (non-hydrogen) atoms. The maximum absolute atomic E-state index is 4.57. The van der Waals surface area contributed by atoms with E-state index in [1.165, 1.54) is 0 Å². The molecular weight excluding hydrogens is 217 g/mol. The van der Waals surface area contributed by atoms with E-state index in [0.717, 1.165) is 0 Å². The second-order valence-electron chi connectivity index (χ2n) is 0. The topological polar surface area (TPSA) is 158 Å². The zero-order valence-electron chi connectivity index (χ0n) is 3.23. The average molecular weight is 227 g/mol. The van der Waals surface area contributed by atoms with E-state index < -0.39 is 0 Å². The molecule has 0 aromatic rings. The van der Waals surface area contributed by atoms with Crippen LogP contribution < -0.4 is 0 Å². The molecule has 10 N–H and O–H groups in total. The second-order valence-corrected chi connectivity index (χ2v) is 0. The standard InChI is InChI=1S/ClH.5H2O.Ru/h1H;5*1H2;/q;;;;;;+1/p-1. The van der Waals surface area contributed by atoms with Crippen LogP contribution in [0, 0.1) is 0 Å². The number of halogens is 1. The molecule has 0 aromatic carbocycles. The molecule has 0 spiro atoms. The van der Waals surface area contributed by atoms with Crippen LogP contribution in [0.4, 0.5) is 0 Å². The third-order valence-electron chi connectivity index (χ3n) is 0. The third-order valence-corrected chi connectivity index (χ3v) is 0. The number of hydrogen-bond donors (Lipinski definition) is 0. The molecule has 0 bridgehead atoms. The van der Waals surface area contributed by atoms with Gasteiger partial charge in [0.05, 0.1) is 0 Å². The van der Waals surface area contributed by atoms with Crippen molar-refractivity contribution in [3.05, 3.63) is 0 Å². The number of hydrogen-bond acceptors (Lipinski definition) is 0. The van der Waals surface area contributed by atoms with Crippen molar-refractivity contribution in [3.63, 3.8) is 0 Å². The molecule has 0 aromatic heterocycles. The second kappa shape index (κ2) is 431. The fourth-order valence-corrected chi connectivity index (χ4v) is 0. The van der Waals surface area contributed by atoms with Crippen molar-refractivity contribution in [3.8, 4) is 0 Å². The summed E-state index contributed by atoms with van der Waals surface area (Å²) in [4.78, 5) is 0. The van der Waals surface area contributed by atoms with Crippen LogP contribution in [0.15, 0.2) is 0 Å². The van der Waals surface area contributed by atoms with E-state index in [2.05, 4.69) is 9.69 Å². The van der Waals surface area contributed by atoms with Gasteiger partial charge in [0.1, 0.15) is 0 Å². The molecule has 0 aliphatic carbocycles. The Morgan fingerprint density at radius 1 is 0.571 bits per heavy atom. The van der Waals surface area contributed by atoms with Gasteiger partial charge in [-0.05, 0) is 0 Å². The summed E-state index contributed by atoms with van der Waals surface area (Å²) in [5, 5.41) is 0. The van der Waals surface area contributed by atoms with Gasteiger partial charge in [0.25, 0.3) is 0 Å². The molecule has 0 unspecified atom stereocenters. The van der Waals surface area contributed by atoms with Gasteiger partial charge in [0, 0.05) is 0 Å². The van der Waals surface area contributed by atoms with Crippen LogP contribution in [0.3, 0.4) is 0 Å². The Morgan fingerprint density at radius 3 is 0.571 bits per heavy atom. The van der Waals surface area contributed by atoms with Crippen molar-refractivity contribution >= 4 is 9.69 Å². The van der Waals surface area contributed by atoms with Gasteiger partial charge >= 0.3 is 27.0 Å². The summed E-state index contributed by atoms with van der Waals surface area (Å²) in [5.74, 6) is 0. The van der Waals surface area contributed by atoms with E-state index in [0.29, 0.717) is 0 Å². The van der Waals surface area contributed by atoms with Crippen LogP contribution in [0.2, 0.25) is 0 Å². The van der Waals surface area contributed by atoms with Crippen LogP contribution >= 0.6 is 9.69 Å². The van der Waals surface area contributed by atoms with E-state index in [4.69, 9.17) is 0 Å². The predicted octanol–water partition coefficient (Wildman–Crippen LogP) is -3.44. The summed E-state index contributed by atoms with van der Waals surface area (Å²) in [7, 11) is 4.57. The van der Waals surface area contributed by atoms with Crippen LogP contribution in [0.5, 0.6) is 0 Å². The van der Waals surface area contributed by atoms with Crippen LogP contribution in [0.1, 0.15) is 0 Å². The first-order chi connectivity index (χ1) is 1.00. The van der Waals surface area contributed by atoms with Crippen LogP contribution in [-0.4, -0.2) is 27.4 Å². The minimum absolute atomic E-state index is 0. The SMILES string of the molecule is O.O.O.O.O.[Cl][Ru]. The van der Waals surface area contributed by atoms with Crippen LogP contribution in [0.25, 0.3) is 0 Å². The van der Waals surface area contributed by atoms with Gasteiger partial charge in [0.2, 0.25) is 0 Å². The first-order valence-corrected chi connectivity index (χ1v) is 2.37. The fraction of sp³-hybridized carbons (Fsp3) is 0. The summed E-state index contributed by atoms with van der Waals surface area (Å²) in [6, 6.07) is 0. The van der Waals surface area contributed by atoms with Gasteiger partial charge in [-0.25, -0.2) is 0 Å². The predicted molar refractivity (Wildman–Crippen MR) is 23.9 cm³/mol. The first-order valence-electron chi connectivity index (χ1n) is 0.134. The molecular formula is H10ClO5Ru. The number of rotatable bonds is 0. The Bertz CT molecular complexity index is 8.04. The summed E-state index contributed by atoms with van der Waals surface area (Å²) in [6.45, 7) is 0. The Hall–Kier alpha value is 0.713. The molecule has 5 nitrogen and oxygen atoms in total. The normalized spacial score (nSPS) is 0.857. The molecule has 0 saturated heterocycles. The molecule has 0 fully saturated rings. The summed E-state index contributed by atoms with van der Waals surface area (Å²) in [6.07, 6.45) is 0. The van der Waals surface area contributed by atoms with Gasteiger partial charge in [-0.3, -0.25) is 0 Å². The fourth-order valence-electron chi connectivity index (χ4n) is 0. The molecule has 0 aliphatic rings. The molecule has 0 atom stereocenters. The van der Waals surface area contributed by atoms with Crippen molar-refractivity contribution in [2.75, 3.05) is 0 Å². The first kappa shape index (κ1) is 118. The monoisotopic (exact) mass is 227 g/mol. The van der Waals surface area contributed by atoms with E-state index in [1.54, 1.807) is 0 Å². The van der Waals surface area contributed by atoms with Gasteiger partial charge in [-0.1, -0.05) is 0 Å².